The fraction of sp³-hybridized carbons (Fsp3) is 0.364. The maximum atomic E-state index is 12.7. The van der Waals surface area contributed by atoms with Gasteiger partial charge in [-0.2, -0.15) is 0 Å². The number of aromatic nitrogens is 1. The number of nitrogens with one attached hydrogen (secondary N) is 3. The van der Waals surface area contributed by atoms with Gasteiger partial charge < -0.3 is 25.4 Å². The molecule has 1 aromatic carbocycles. The van der Waals surface area contributed by atoms with Gasteiger partial charge in [-0.1, -0.05) is 29.8 Å². The number of ether oxygens (including phenoxy) is 1. The predicted molar refractivity (Wildman–Crippen MR) is 122 cm³/mol. The van der Waals surface area contributed by atoms with Gasteiger partial charge in [0.2, 0.25) is 5.90 Å². The molecular weight excluding hydrogens is 434 g/mol. The molecule has 4 N–H and O–H groups in total. The van der Waals surface area contributed by atoms with E-state index in [4.69, 9.17) is 21.7 Å². The summed E-state index contributed by atoms with van der Waals surface area (Å²) in [6, 6.07) is 9.83. The molecule has 0 aliphatic heterocycles. The van der Waals surface area contributed by atoms with Crippen molar-refractivity contribution in [2.45, 2.75) is 25.5 Å². The van der Waals surface area contributed by atoms with Crippen molar-refractivity contribution in [3.63, 3.8) is 0 Å². The van der Waals surface area contributed by atoms with Crippen molar-refractivity contribution in [1.29, 1.82) is 5.41 Å². The molecule has 9 nitrogen and oxygen atoms in total. The van der Waals surface area contributed by atoms with Crippen LogP contribution in [-0.2, 0) is 11.2 Å². The number of benzene rings is 1. The van der Waals surface area contributed by atoms with Gasteiger partial charge in [-0.15, -0.1) is 0 Å². The van der Waals surface area contributed by atoms with Crippen LogP contribution in [0.1, 0.15) is 34.5 Å². The van der Waals surface area contributed by atoms with Crippen LogP contribution in [0.25, 0.3) is 0 Å². The third-order valence-electron chi connectivity index (χ3n) is 4.95. The Balaban J connectivity index is 1.81. The molecule has 2 rings (SSSR count). The number of amides is 2. The van der Waals surface area contributed by atoms with Crippen molar-refractivity contribution >= 4 is 29.5 Å². The lowest BCUT2D eigenvalue weighted by Gasteiger charge is -2.24. The van der Waals surface area contributed by atoms with E-state index in [9.17, 15) is 14.7 Å². The molecule has 0 aliphatic carbocycles. The van der Waals surface area contributed by atoms with E-state index in [1.54, 1.807) is 44.4 Å². The maximum absolute atomic E-state index is 12.7. The van der Waals surface area contributed by atoms with Crippen LogP contribution < -0.4 is 10.6 Å². The summed E-state index contributed by atoms with van der Waals surface area (Å²) in [5, 5.41) is 23.8. The van der Waals surface area contributed by atoms with Crippen LogP contribution in [0.2, 0.25) is 5.15 Å². The van der Waals surface area contributed by atoms with Crippen LogP contribution in [0.3, 0.4) is 0 Å². The standard InChI is InChI=1S/C22H28ClN5O4/c1-14(20(24)32-22(31)25-2)28(3)21(30)16-6-4-15(5-7-16)10-11-26-13-18(29)17-8-9-19(23)27-12-17/h4-9,12,14,18,24,26,29H,10-11,13H2,1-3H3,(H,25,31)/t14-,18+/m1/s1. The lowest BCUT2D eigenvalue weighted by atomic mass is 10.1. The van der Waals surface area contributed by atoms with Crippen molar-refractivity contribution in [3.8, 4) is 0 Å². The smallest absolute Gasteiger partial charge is 0.394 e. The van der Waals surface area contributed by atoms with Crippen LogP contribution >= 0.6 is 11.6 Å². The quantitative estimate of drug-likeness (QED) is 0.196. The van der Waals surface area contributed by atoms with Gasteiger partial charge in [0.05, 0.1) is 6.10 Å². The van der Waals surface area contributed by atoms with Crippen molar-refractivity contribution in [2.24, 2.45) is 0 Å². The Bertz CT molecular complexity index is 921. The number of halogens is 1. The molecule has 1 heterocycles. The summed E-state index contributed by atoms with van der Waals surface area (Å²) in [5.41, 5.74) is 2.19. The molecule has 0 spiro atoms. The van der Waals surface area contributed by atoms with Gasteiger partial charge in [-0.05, 0) is 43.7 Å². The van der Waals surface area contributed by atoms with E-state index in [1.165, 1.54) is 11.9 Å². The SMILES string of the molecule is CNC(=O)OC(=N)[C@@H](C)N(C)C(=O)c1ccc(CCNC[C@H](O)c2ccc(Cl)nc2)cc1. The van der Waals surface area contributed by atoms with E-state index in [-0.39, 0.29) is 11.8 Å². The van der Waals surface area contributed by atoms with Gasteiger partial charge in [0, 0.05) is 38.0 Å². The highest BCUT2D eigenvalue weighted by Gasteiger charge is 2.23. The summed E-state index contributed by atoms with van der Waals surface area (Å²) in [6.07, 6.45) is 0.840. The molecule has 1 aromatic heterocycles. The number of aliphatic hydroxyl groups excluding tert-OH is 1. The lowest BCUT2D eigenvalue weighted by Crippen LogP contribution is -2.42. The first-order valence-corrected chi connectivity index (χ1v) is 10.4. The van der Waals surface area contributed by atoms with E-state index in [0.29, 0.717) is 29.4 Å². The minimum Gasteiger partial charge on any atom is -0.394 e. The maximum Gasteiger partial charge on any atom is 0.413 e. The third kappa shape index (κ3) is 7.30. The average Bonchev–Trinajstić information content (AvgIpc) is 2.80. The summed E-state index contributed by atoms with van der Waals surface area (Å²) in [7, 11) is 2.94. The van der Waals surface area contributed by atoms with Gasteiger partial charge in [0.1, 0.15) is 11.2 Å². The molecule has 2 atom stereocenters. The zero-order valence-corrected chi connectivity index (χ0v) is 19.0. The Labute approximate surface area is 192 Å². The molecule has 0 saturated carbocycles. The highest BCUT2D eigenvalue weighted by molar-refractivity contribution is 6.29. The zero-order valence-electron chi connectivity index (χ0n) is 18.3. The van der Waals surface area contributed by atoms with Crippen molar-refractivity contribution in [3.05, 3.63) is 64.4 Å². The van der Waals surface area contributed by atoms with Gasteiger partial charge in [0.25, 0.3) is 5.91 Å². The molecule has 32 heavy (non-hydrogen) atoms. The lowest BCUT2D eigenvalue weighted by molar-refractivity contribution is 0.0765. The van der Waals surface area contributed by atoms with Crippen LogP contribution in [0.5, 0.6) is 0 Å². The first kappa shape index (κ1) is 25.3. The molecule has 0 saturated heterocycles. The number of rotatable bonds is 9. The number of pyridine rings is 1. The Morgan fingerprint density at radius 1 is 1.25 bits per heavy atom. The van der Waals surface area contributed by atoms with E-state index < -0.39 is 18.2 Å². The number of alkyl carbamates (subject to hydrolysis) is 1. The van der Waals surface area contributed by atoms with Crippen LogP contribution in [-0.4, -0.2) is 66.1 Å². The van der Waals surface area contributed by atoms with E-state index in [0.717, 1.165) is 12.0 Å². The zero-order chi connectivity index (χ0) is 23.7. The molecule has 172 valence electrons. The number of carbonyl (C=O) groups is 2. The van der Waals surface area contributed by atoms with E-state index in [2.05, 4.69) is 15.6 Å². The molecule has 10 heteroatoms. The Morgan fingerprint density at radius 3 is 2.53 bits per heavy atom. The second-order valence-electron chi connectivity index (χ2n) is 7.18. The fourth-order valence-corrected chi connectivity index (χ4v) is 2.89. The normalized spacial score (nSPS) is 12.5. The molecule has 0 bridgehead atoms. The fourth-order valence-electron chi connectivity index (χ4n) is 2.78. The number of hydrogen-bond acceptors (Lipinski definition) is 7. The highest BCUT2D eigenvalue weighted by Crippen LogP contribution is 2.13. The molecule has 2 amide bonds. The predicted octanol–water partition coefficient (Wildman–Crippen LogP) is 2.39. The van der Waals surface area contributed by atoms with E-state index in [1.807, 2.05) is 12.1 Å². The summed E-state index contributed by atoms with van der Waals surface area (Å²) < 4.78 is 4.80. The van der Waals surface area contributed by atoms with Crippen molar-refractivity contribution in [1.82, 2.24) is 20.5 Å². The summed E-state index contributed by atoms with van der Waals surface area (Å²) >= 11 is 5.75. The second-order valence-corrected chi connectivity index (χ2v) is 7.56. The van der Waals surface area contributed by atoms with Gasteiger partial charge in [0.15, 0.2) is 0 Å². The number of carbonyl (C=O) groups excluding carboxylic acids is 2. The monoisotopic (exact) mass is 461 g/mol. The molecule has 0 radical (unpaired) electrons. The third-order valence-corrected chi connectivity index (χ3v) is 5.18. The Kier molecular flexibility index (Phi) is 9.58. The summed E-state index contributed by atoms with van der Waals surface area (Å²) in [6.45, 7) is 2.64. The van der Waals surface area contributed by atoms with Gasteiger partial charge in [-0.25, -0.2) is 9.78 Å². The van der Waals surface area contributed by atoms with Crippen LogP contribution in [0.15, 0.2) is 42.6 Å². The molecule has 0 unspecified atom stereocenters. The number of likely N-dealkylation sites (N-methyl/N-ethyl adjacent to an activating group) is 1. The number of hydrogen-bond donors (Lipinski definition) is 4. The van der Waals surface area contributed by atoms with E-state index >= 15 is 0 Å². The van der Waals surface area contributed by atoms with Gasteiger partial charge in [-0.3, -0.25) is 10.2 Å². The highest BCUT2D eigenvalue weighted by atomic mass is 35.5. The molecular formula is C22H28ClN5O4. The average molecular weight is 462 g/mol. The summed E-state index contributed by atoms with van der Waals surface area (Å²) in [4.78, 5) is 29.2. The minimum absolute atomic E-state index is 0.285. The first-order chi connectivity index (χ1) is 15.2. The topological polar surface area (TPSA) is 128 Å². The molecule has 0 aliphatic rings. The van der Waals surface area contributed by atoms with Crippen LogP contribution in [0, 0.1) is 5.41 Å². The Morgan fingerprint density at radius 2 is 1.94 bits per heavy atom. The first-order valence-electron chi connectivity index (χ1n) is 10.1. The van der Waals surface area contributed by atoms with Gasteiger partial charge >= 0.3 is 6.09 Å². The number of aliphatic hydroxyl groups is 1. The minimum atomic E-state index is -0.752. The number of nitrogens with zero attached hydrogens (tertiary/aromatic N) is 2. The Hall–Kier alpha value is -3.01. The molecule has 2 aromatic rings. The molecule has 0 fully saturated rings. The van der Waals surface area contributed by atoms with Crippen molar-refractivity contribution in [2.75, 3.05) is 27.2 Å². The van der Waals surface area contributed by atoms with Crippen LogP contribution in [0.4, 0.5) is 4.79 Å². The van der Waals surface area contributed by atoms with Crippen molar-refractivity contribution < 1.29 is 19.4 Å². The second kappa shape index (κ2) is 12.1. The largest absolute Gasteiger partial charge is 0.413 e. The summed E-state index contributed by atoms with van der Waals surface area (Å²) in [5.74, 6) is -0.605.